The summed E-state index contributed by atoms with van der Waals surface area (Å²) in [6, 6.07) is 1.82. The van der Waals surface area contributed by atoms with E-state index < -0.39 is 5.97 Å². The van der Waals surface area contributed by atoms with Crippen LogP contribution in [0.15, 0.2) is 18.3 Å². The van der Waals surface area contributed by atoms with Crippen LogP contribution in [0.4, 0.5) is 5.69 Å². The second kappa shape index (κ2) is 4.08. The minimum Gasteiger partial charge on any atom is -0.478 e. The second-order valence-electron chi connectivity index (χ2n) is 4.59. The quantitative estimate of drug-likeness (QED) is 0.763. The Morgan fingerprint density at radius 2 is 2.41 bits per heavy atom. The number of nitrogens with zero attached hydrogens (tertiary/aromatic N) is 1. The van der Waals surface area contributed by atoms with Crippen molar-refractivity contribution in [2.24, 2.45) is 0 Å². The number of hydrogen-bond donors (Lipinski definition) is 2. The SMILES string of the molecule is CC1(C)COc2ncc(C=CC(=O)O)cc2N1. The summed E-state index contributed by atoms with van der Waals surface area (Å²) in [5.74, 6) is -0.427. The van der Waals surface area contributed by atoms with Crippen molar-refractivity contribution in [1.82, 2.24) is 4.98 Å². The van der Waals surface area contributed by atoms with Crippen molar-refractivity contribution >= 4 is 17.7 Å². The number of pyridine rings is 1. The van der Waals surface area contributed by atoms with Crippen LogP contribution in [-0.2, 0) is 4.79 Å². The first kappa shape index (κ1) is 11.4. The van der Waals surface area contributed by atoms with Crippen LogP contribution in [-0.4, -0.2) is 28.2 Å². The Bertz CT molecular complexity index is 481. The van der Waals surface area contributed by atoms with Gasteiger partial charge in [-0.25, -0.2) is 9.78 Å². The van der Waals surface area contributed by atoms with Crippen LogP contribution in [0.3, 0.4) is 0 Å². The van der Waals surface area contributed by atoms with Crippen molar-refractivity contribution in [1.29, 1.82) is 0 Å². The third-order valence-corrected chi connectivity index (χ3v) is 2.33. The van der Waals surface area contributed by atoms with E-state index in [0.29, 0.717) is 12.5 Å². The molecule has 0 radical (unpaired) electrons. The molecule has 1 aliphatic heterocycles. The Morgan fingerprint density at radius 1 is 1.65 bits per heavy atom. The number of aromatic nitrogens is 1. The Kier molecular flexibility index (Phi) is 2.75. The molecule has 2 heterocycles. The molecule has 0 saturated carbocycles. The van der Waals surface area contributed by atoms with Crippen LogP contribution in [0.2, 0.25) is 0 Å². The van der Waals surface area contributed by atoms with E-state index in [1.807, 2.05) is 19.9 Å². The fourth-order valence-electron chi connectivity index (χ4n) is 1.58. The monoisotopic (exact) mass is 234 g/mol. The van der Waals surface area contributed by atoms with Crippen molar-refractivity contribution in [3.8, 4) is 5.88 Å². The first-order chi connectivity index (χ1) is 7.96. The highest BCUT2D eigenvalue weighted by atomic mass is 16.5. The third kappa shape index (κ3) is 2.75. The van der Waals surface area contributed by atoms with Gasteiger partial charge in [-0.1, -0.05) is 0 Å². The number of aliphatic carboxylic acids is 1. The Labute approximate surface area is 99.1 Å². The molecule has 2 N–H and O–H groups in total. The maximum Gasteiger partial charge on any atom is 0.328 e. The molecule has 0 saturated heterocycles. The molecule has 90 valence electrons. The summed E-state index contributed by atoms with van der Waals surface area (Å²) in [5, 5.41) is 11.8. The summed E-state index contributed by atoms with van der Waals surface area (Å²) in [5.41, 5.74) is 1.36. The number of anilines is 1. The molecule has 0 aromatic carbocycles. The van der Waals surface area contributed by atoms with Gasteiger partial charge in [0, 0.05) is 12.3 Å². The molecule has 0 spiro atoms. The zero-order valence-electron chi connectivity index (χ0n) is 9.73. The fourth-order valence-corrected chi connectivity index (χ4v) is 1.58. The van der Waals surface area contributed by atoms with Gasteiger partial charge < -0.3 is 15.2 Å². The van der Waals surface area contributed by atoms with Gasteiger partial charge in [-0.05, 0) is 31.6 Å². The number of nitrogens with one attached hydrogen (secondary N) is 1. The van der Waals surface area contributed by atoms with Gasteiger partial charge in [-0.15, -0.1) is 0 Å². The zero-order chi connectivity index (χ0) is 12.5. The topological polar surface area (TPSA) is 71.5 Å². The van der Waals surface area contributed by atoms with Gasteiger partial charge in [0.2, 0.25) is 5.88 Å². The van der Waals surface area contributed by atoms with E-state index >= 15 is 0 Å². The van der Waals surface area contributed by atoms with Crippen molar-refractivity contribution in [2.45, 2.75) is 19.4 Å². The standard InChI is InChI=1S/C12H14N2O3/c1-12(2)7-17-11-9(14-12)5-8(6-13-11)3-4-10(15)16/h3-6,14H,7H2,1-2H3,(H,15,16). The first-order valence-electron chi connectivity index (χ1n) is 5.28. The van der Waals surface area contributed by atoms with Crippen LogP contribution in [0.25, 0.3) is 6.08 Å². The maximum absolute atomic E-state index is 10.4. The van der Waals surface area contributed by atoms with Crippen LogP contribution < -0.4 is 10.1 Å². The lowest BCUT2D eigenvalue weighted by Crippen LogP contribution is -2.41. The van der Waals surface area contributed by atoms with Crippen molar-refractivity contribution in [3.05, 3.63) is 23.9 Å². The molecule has 5 heteroatoms. The molecule has 1 aromatic heterocycles. The molecular weight excluding hydrogens is 220 g/mol. The summed E-state index contributed by atoms with van der Waals surface area (Å²) in [4.78, 5) is 14.6. The normalized spacial score (nSPS) is 17.1. The molecule has 0 atom stereocenters. The average molecular weight is 234 g/mol. The van der Waals surface area contributed by atoms with Crippen molar-refractivity contribution in [2.75, 3.05) is 11.9 Å². The Morgan fingerprint density at radius 3 is 3.12 bits per heavy atom. The molecule has 0 bridgehead atoms. The second-order valence-corrected chi connectivity index (χ2v) is 4.59. The number of carbonyl (C=O) groups is 1. The molecule has 17 heavy (non-hydrogen) atoms. The van der Waals surface area contributed by atoms with E-state index in [1.54, 1.807) is 6.20 Å². The van der Waals surface area contributed by atoms with Crippen molar-refractivity contribution < 1.29 is 14.6 Å². The number of ether oxygens (including phenoxy) is 1. The first-order valence-corrected chi connectivity index (χ1v) is 5.28. The fraction of sp³-hybridized carbons (Fsp3) is 0.333. The van der Waals surface area contributed by atoms with Gasteiger partial charge in [0.15, 0.2) is 0 Å². The highest BCUT2D eigenvalue weighted by Gasteiger charge is 2.26. The van der Waals surface area contributed by atoms with E-state index in [0.717, 1.165) is 17.3 Å². The summed E-state index contributed by atoms with van der Waals surface area (Å²) in [7, 11) is 0. The predicted octanol–water partition coefficient (Wildman–Crippen LogP) is 1.76. The minimum absolute atomic E-state index is 0.149. The van der Waals surface area contributed by atoms with Gasteiger partial charge in [-0.3, -0.25) is 0 Å². The summed E-state index contributed by atoms with van der Waals surface area (Å²) < 4.78 is 5.51. The minimum atomic E-state index is -0.979. The van der Waals surface area contributed by atoms with Gasteiger partial charge in [0.1, 0.15) is 6.61 Å². The van der Waals surface area contributed by atoms with Gasteiger partial charge in [0.25, 0.3) is 0 Å². The molecule has 0 unspecified atom stereocenters. The van der Waals surface area contributed by atoms with Gasteiger partial charge >= 0.3 is 5.97 Å². The third-order valence-electron chi connectivity index (χ3n) is 2.33. The van der Waals surface area contributed by atoms with Crippen LogP contribution >= 0.6 is 0 Å². The lowest BCUT2D eigenvalue weighted by molar-refractivity contribution is -0.131. The number of carboxylic acids is 1. The average Bonchev–Trinajstić information content (AvgIpc) is 2.24. The largest absolute Gasteiger partial charge is 0.478 e. The lowest BCUT2D eigenvalue weighted by atomic mass is 10.1. The van der Waals surface area contributed by atoms with E-state index in [4.69, 9.17) is 9.84 Å². The summed E-state index contributed by atoms with van der Waals surface area (Å²) >= 11 is 0. The molecule has 0 aliphatic carbocycles. The Hall–Kier alpha value is -2.04. The highest BCUT2D eigenvalue weighted by molar-refractivity contribution is 5.85. The van der Waals surface area contributed by atoms with Crippen molar-refractivity contribution in [3.63, 3.8) is 0 Å². The van der Waals surface area contributed by atoms with Crippen LogP contribution in [0.5, 0.6) is 5.88 Å². The molecule has 0 amide bonds. The molecule has 5 nitrogen and oxygen atoms in total. The number of hydrogen-bond acceptors (Lipinski definition) is 4. The molecular formula is C12H14N2O3. The maximum atomic E-state index is 10.4. The molecule has 1 aromatic rings. The number of fused-ring (bicyclic) bond motifs is 1. The van der Waals surface area contributed by atoms with E-state index in [9.17, 15) is 4.79 Å². The van der Waals surface area contributed by atoms with Gasteiger partial charge in [0.05, 0.1) is 11.2 Å². The highest BCUT2D eigenvalue weighted by Crippen LogP contribution is 2.31. The number of rotatable bonds is 2. The van der Waals surface area contributed by atoms with E-state index in [-0.39, 0.29) is 5.54 Å². The lowest BCUT2D eigenvalue weighted by Gasteiger charge is -2.32. The Balaban J connectivity index is 2.27. The van der Waals surface area contributed by atoms with Gasteiger partial charge in [-0.2, -0.15) is 0 Å². The van der Waals surface area contributed by atoms with Crippen LogP contribution in [0, 0.1) is 0 Å². The molecule has 1 aliphatic rings. The summed E-state index contributed by atoms with van der Waals surface area (Å²) in [6.07, 6.45) is 4.16. The predicted molar refractivity (Wildman–Crippen MR) is 64.1 cm³/mol. The molecule has 0 fully saturated rings. The molecule has 2 rings (SSSR count). The van der Waals surface area contributed by atoms with Crippen LogP contribution in [0.1, 0.15) is 19.4 Å². The zero-order valence-corrected chi connectivity index (χ0v) is 9.73. The van der Waals surface area contributed by atoms with E-state index in [2.05, 4.69) is 10.3 Å². The van der Waals surface area contributed by atoms with E-state index in [1.165, 1.54) is 6.08 Å². The number of carboxylic acid groups (broad SMARTS) is 1. The summed E-state index contributed by atoms with van der Waals surface area (Å²) in [6.45, 7) is 4.60. The smallest absolute Gasteiger partial charge is 0.328 e.